The first kappa shape index (κ1) is 16.2. The largest absolute Gasteiger partial charge is 0.444 e. The summed E-state index contributed by atoms with van der Waals surface area (Å²) in [4.78, 5) is 13.1. The summed E-state index contributed by atoms with van der Waals surface area (Å²) in [7, 11) is -3.61. The van der Waals surface area contributed by atoms with Gasteiger partial charge in [0.25, 0.3) is 10.1 Å². The molecule has 1 saturated heterocycles. The molecular formula is C11H20FNO5S. The Labute approximate surface area is 113 Å². The zero-order valence-electron chi connectivity index (χ0n) is 11.6. The van der Waals surface area contributed by atoms with E-state index in [-0.39, 0.29) is 19.6 Å². The molecule has 0 aromatic carbocycles. The molecule has 1 amide bonds. The Morgan fingerprint density at radius 3 is 2.47 bits per heavy atom. The number of carbonyl (C=O) groups is 1. The molecule has 1 fully saturated rings. The number of ether oxygens (including phenoxy) is 1. The van der Waals surface area contributed by atoms with Crippen molar-refractivity contribution in [2.45, 2.75) is 45.0 Å². The molecule has 19 heavy (non-hydrogen) atoms. The summed E-state index contributed by atoms with van der Waals surface area (Å²) >= 11 is 0. The van der Waals surface area contributed by atoms with Crippen molar-refractivity contribution in [3.63, 3.8) is 0 Å². The molecule has 1 aliphatic rings. The predicted molar refractivity (Wildman–Crippen MR) is 67.0 cm³/mol. The molecule has 0 unspecified atom stereocenters. The Kier molecular flexibility index (Phi) is 4.78. The molecule has 0 spiro atoms. The lowest BCUT2D eigenvalue weighted by Gasteiger charge is -2.27. The molecule has 1 aliphatic heterocycles. The Hall–Kier alpha value is -0.890. The second kappa shape index (κ2) is 5.62. The predicted octanol–water partition coefficient (Wildman–Crippen LogP) is 1.31. The van der Waals surface area contributed by atoms with Gasteiger partial charge in [-0.1, -0.05) is 0 Å². The van der Waals surface area contributed by atoms with E-state index in [9.17, 15) is 17.6 Å². The van der Waals surface area contributed by atoms with Crippen molar-refractivity contribution in [1.29, 1.82) is 0 Å². The number of alkyl halides is 1. The molecule has 6 nitrogen and oxygen atoms in total. The number of hydrogen-bond donors (Lipinski definition) is 0. The summed E-state index contributed by atoms with van der Waals surface area (Å²) in [6.45, 7) is 4.76. The van der Waals surface area contributed by atoms with Gasteiger partial charge < -0.3 is 4.74 Å². The van der Waals surface area contributed by atoms with Crippen LogP contribution in [0.2, 0.25) is 0 Å². The van der Waals surface area contributed by atoms with Gasteiger partial charge in [-0.05, 0) is 20.8 Å². The highest BCUT2D eigenvalue weighted by atomic mass is 32.2. The molecule has 0 N–H and O–H groups in total. The van der Waals surface area contributed by atoms with Crippen molar-refractivity contribution in [3.05, 3.63) is 0 Å². The van der Waals surface area contributed by atoms with E-state index in [1.54, 1.807) is 20.8 Å². The van der Waals surface area contributed by atoms with Crippen LogP contribution in [-0.4, -0.2) is 56.6 Å². The van der Waals surface area contributed by atoms with E-state index in [1.165, 1.54) is 4.90 Å². The zero-order valence-corrected chi connectivity index (χ0v) is 12.4. The van der Waals surface area contributed by atoms with Gasteiger partial charge in [-0.2, -0.15) is 8.42 Å². The first-order valence-electron chi connectivity index (χ1n) is 5.96. The van der Waals surface area contributed by atoms with Gasteiger partial charge in [-0.15, -0.1) is 0 Å². The molecule has 112 valence electrons. The minimum atomic E-state index is -3.61. The molecule has 0 saturated carbocycles. The summed E-state index contributed by atoms with van der Waals surface area (Å²) in [5.74, 6) is 0. The molecule has 1 heterocycles. The molecule has 0 aromatic heterocycles. The Balaban J connectivity index is 2.66. The highest BCUT2D eigenvalue weighted by Gasteiger charge is 2.38. The van der Waals surface area contributed by atoms with Crippen LogP contribution in [0.4, 0.5) is 9.18 Å². The van der Waals surface area contributed by atoms with Crippen LogP contribution in [0.5, 0.6) is 0 Å². The average molecular weight is 297 g/mol. The number of nitrogens with zero attached hydrogens (tertiary/aromatic N) is 1. The minimum Gasteiger partial charge on any atom is -0.444 e. The van der Waals surface area contributed by atoms with Crippen molar-refractivity contribution in [3.8, 4) is 0 Å². The Morgan fingerprint density at radius 2 is 2.00 bits per heavy atom. The molecule has 0 radical (unpaired) electrons. The normalized spacial score (nSPS) is 24.6. The fraction of sp³-hybridized carbons (Fsp3) is 0.909. The summed E-state index contributed by atoms with van der Waals surface area (Å²) in [6.07, 6.45) is -0.892. The van der Waals surface area contributed by atoms with E-state index in [0.717, 1.165) is 6.26 Å². The molecule has 0 aliphatic carbocycles. The summed E-state index contributed by atoms with van der Waals surface area (Å²) < 4.78 is 45.0. The van der Waals surface area contributed by atoms with E-state index in [2.05, 4.69) is 4.18 Å². The molecule has 0 aromatic rings. The van der Waals surface area contributed by atoms with E-state index < -0.39 is 34.0 Å². The summed E-state index contributed by atoms with van der Waals surface area (Å²) in [6, 6.07) is -0.625. The SMILES string of the molecule is CC(C)(C)OC(=O)N1C[C@@H](F)C[C@@H]1COS(C)(=O)=O. The van der Waals surface area contributed by atoms with Crippen molar-refractivity contribution < 1.29 is 26.5 Å². The fourth-order valence-electron chi connectivity index (χ4n) is 1.76. The maximum Gasteiger partial charge on any atom is 0.410 e. The van der Waals surface area contributed by atoms with Crippen LogP contribution >= 0.6 is 0 Å². The number of hydrogen-bond acceptors (Lipinski definition) is 5. The van der Waals surface area contributed by atoms with Gasteiger partial charge in [-0.3, -0.25) is 9.08 Å². The van der Waals surface area contributed by atoms with Gasteiger partial charge >= 0.3 is 6.09 Å². The van der Waals surface area contributed by atoms with Crippen molar-refractivity contribution in [2.24, 2.45) is 0 Å². The van der Waals surface area contributed by atoms with Crippen LogP contribution in [0, 0.1) is 0 Å². The molecule has 0 bridgehead atoms. The standard InChI is InChI=1S/C11H20FNO5S/c1-11(2,3)18-10(14)13-6-8(12)5-9(13)7-17-19(4,15)16/h8-9H,5-7H2,1-4H3/t8-,9+/m0/s1. The number of rotatable bonds is 3. The van der Waals surface area contributed by atoms with Gasteiger partial charge in [0.2, 0.25) is 0 Å². The number of amides is 1. The van der Waals surface area contributed by atoms with Gasteiger partial charge in [0.05, 0.1) is 25.4 Å². The van der Waals surface area contributed by atoms with E-state index >= 15 is 0 Å². The van der Waals surface area contributed by atoms with Gasteiger partial charge in [0, 0.05) is 6.42 Å². The number of halogens is 1. The highest BCUT2D eigenvalue weighted by molar-refractivity contribution is 7.85. The van der Waals surface area contributed by atoms with Crippen LogP contribution in [0.3, 0.4) is 0 Å². The molecular weight excluding hydrogens is 277 g/mol. The van der Waals surface area contributed by atoms with Crippen molar-refractivity contribution in [1.82, 2.24) is 4.90 Å². The lowest BCUT2D eigenvalue weighted by molar-refractivity contribution is 0.0183. The Morgan fingerprint density at radius 1 is 1.42 bits per heavy atom. The monoisotopic (exact) mass is 297 g/mol. The third-order valence-electron chi connectivity index (χ3n) is 2.47. The van der Waals surface area contributed by atoms with Crippen LogP contribution in [0.1, 0.15) is 27.2 Å². The van der Waals surface area contributed by atoms with Gasteiger partial charge in [-0.25, -0.2) is 9.18 Å². The van der Waals surface area contributed by atoms with Crippen LogP contribution in [-0.2, 0) is 19.0 Å². The molecule has 8 heteroatoms. The first-order chi connectivity index (χ1) is 8.48. The van der Waals surface area contributed by atoms with Gasteiger partial charge in [0.1, 0.15) is 11.8 Å². The van der Waals surface area contributed by atoms with Crippen LogP contribution in [0.15, 0.2) is 0 Å². The second-order valence-electron chi connectivity index (χ2n) is 5.61. The van der Waals surface area contributed by atoms with Crippen LogP contribution in [0.25, 0.3) is 0 Å². The summed E-state index contributed by atoms with van der Waals surface area (Å²) in [5.41, 5.74) is -0.687. The van der Waals surface area contributed by atoms with Gasteiger partial charge in [0.15, 0.2) is 0 Å². The molecule has 1 rings (SSSR count). The lowest BCUT2D eigenvalue weighted by Crippen LogP contribution is -2.42. The summed E-state index contributed by atoms with van der Waals surface area (Å²) in [5, 5.41) is 0. The Bertz CT molecular complexity index is 431. The number of likely N-dealkylation sites (tertiary alicyclic amines) is 1. The highest BCUT2D eigenvalue weighted by Crippen LogP contribution is 2.23. The topological polar surface area (TPSA) is 72.9 Å². The minimum absolute atomic E-state index is 0.0504. The third kappa shape index (κ3) is 5.73. The van der Waals surface area contributed by atoms with Crippen molar-refractivity contribution in [2.75, 3.05) is 19.4 Å². The third-order valence-corrected chi connectivity index (χ3v) is 3.03. The zero-order chi connectivity index (χ0) is 14.8. The second-order valence-corrected chi connectivity index (χ2v) is 7.25. The number of carbonyl (C=O) groups excluding carboxylic acids is 1. The molecule has 2 atom stereocenters. The van der Waals surface area contributed by atoms with Crippen LogP contribution < -0.4 is 0 Å². The van der Waals surface area contributed by atoms with Crippen molar-refractivity contribution >= 4 is 16.2 Å². The smallest absolute Gasteiger partial charge is 0.410 e. The van der Waals surface area contributed by atoms with E-state index in [1.807, 2.05) is 0 Å². The van der Waals surface area contributed by atoms with E-state index in [4.69, 9.17) is 4.74 Å². The maximum atomic E-state index is 13.4. The quantitative estimate of drug-likeness (QED) is 0.734. The first-order valence-corrected chi connectivity index (χ1v) is 7.78. The van der Waals surface area contributed by atoms with E-state index in [0.29, 0.717) is 0 Å². The fourth-order valence-corrected chi connectivity index (χ4v) is 2.17. The average Bonchev–Trinajstić information content (AvgIpc) is 2.53. The maximum absolute atomic E-state index is 13.4. The lowest BCUT2D eigenvalue weighted by atomic mass is 10.2.